The standard InChI is InChI=1S/C12H18ClNO4S2/c1-12(2,3)20(17,18)14-9-8-10-4-6-11(7-5-10)19(13,15)16/h4-7,14H,8-9H2,1-3H3. The van der Waals surface area contributed by atoms with Crippen molar-refractivity contribution in [1.29, 1.82) is 0 Å². The summed E-state index contributed by atoms with van der Waals surface area (Å²) in [5.41, 5.74) is 0.825. The molecule has 0 saturated heterocycles. The van der Waals surface area contributed by atoms with Crippen LogP contribution >= 0.6 is 10.7 Å². The van der Waals surface area contributed by atoms with Gasteiger partial charge in [0.05, 0.1) is 9.64 Å². The van der Waals surface area contributed by atoms with E-state index in [9.17, 15) is 16.8 Å². The largest absolute Gasteiger partial charge is 0.261 e. The third kappa shape index (κ3) is 4.73. The van der Waals surface area contributed by atoms with Crippen molar-refractivity contribution in [3.8, 4) is 0 Å². The Balaban J connectivity index is 2.65. The third-order valence-corrected chi connectivity index (χ3v) is 6.28. The van der Waals surface area contributed by atoms with E-state index in [1.165, 1.54) is 12.1 Å². The molecule has 1 rings (SSSR count). The van der Waals surface area contributed by atoms with Crippen LogP contribution in [0, 0.1) is 0 Å². The maximum Gasteiger partial charge on any atom is 0.261 e. The van der Waals surface area contributed by atoms with Gasteiger partial charge in [-0.05, 0) is 44.9 Å². The maximum absolute atomic E-state index is 11.8. The predicted octanol–water partition coefficient (Wildman–Crippen LogP) is 1.87. The Morgan fingerprint density at radius 1 is 1.05 bits per heavy atom. The zero-order valence-electron chi connectivity index (χ0n) is 11.6. The van der Waals surface area contributed by atoms with E-state index in [0.29, 0.717) is 6.42 Å². The summed E-state index contributed by atoms with van der Waals surface area (Å²) in [5.74, 6) is 0. The highest BCUT2D eigenvalue weighted by Gasteiger charge is 2.28. The highest BCUT2D eigenvalue weighted by molar-refractivity contribution is 8.13. The first-order valence-corrected chi connectivity index (χ1v) is 9.75. The van der Waals surface area contributed by atoms with E-state index < -0.39 is 23.8 Å². The van der Waals surface area contributed by atoms with Crippen molar-refractivity contribution in [3.63, 3.8) is 0 Å². The van der Waals surface area contributed by atoms with Crippen molar-refractivity contribution >= 4 is 29.8 Å². The molecule has 0 aliphatic rings. The number of nitrogens with one attached hydrogen (secondary N) is 1. The van der Waals surface area contributed by atoms with Gasteiger partial charge in [-0.2, -0.15) is 0 Å². The molecule has 0 aliphatic heterocycles. The van der Waals surface area contributed by atoms with Crippen LogP contribution in [0.3, 0.4) is 0 Å². The summed E-state index contributed by atoms with van der Waals surface area (Å²) in [7, 11) is -1.88. The summed E-state index contributed by atoms with van der Waals surface area (Å²) in [6, 6.07) is 6.02. The molecule has 0 amide bonds. The SMILES string of the molecule is CC(C)(C)S(=O)(=O)NCCc1ccc(S(=O)(=O)Cl)cc1. The molecule has 0 saturated carbocycles. The summed E-state index contributed by atoms with van der Waals surface area (Å²) < 4.78 is 47.5. The van der Waals surface area contributed by atoms with Crippen LogP contribution in [0.2, 0.25) is 0 Å². The van der Waals surface area contributed by atoms with Crippen LogP contribution in [0.15, 0.2) is 29.2 Å². The molecule has 0 bridgehead atoms. The van der Waals surface area contributed by atoms with Gasteiger partial charge in [0.15, 0.2) is 0 Å². The molecular formula is C12H18ClNO4S2. The van der Waals surface area contributed by atoms with E-state index >= 15 is 0 Å². The van der Waals surface area contributed by atoms with E-state index in [1.54, 1.807) is 32.9 Å². The number of benzene rings is 1. The van der Waals surface area contributed by atoms with Crippen LogP contribution in [-0.2, 0) is 25.5 Å². The minimum Gasteiger partial charge on any atom is -0.214 e. The van der Waals surface area contributed by atoms with Crippen LogP contribution in [0.25, 0.3) is 0 Å². The van der Waals surface area contributed by atoms with Gasteiger partial charge in [-0.3, -0.25) is 0 Å². The van der Waals surface area contributed by atoms with Crippen molar-refractivity contribution < 1.29 is 16.8 Å². The van der Waals surface area contributed by atoms with Crippen LogP contribution < -0.4 is 4.72 Å². The number of halogens is 1. The van der Waals surface area contributed by atoms with Crippen LogP contribution in [0.1, 0.15) is 26.3 Å². The second-order valence-corrected chi connectivity index (χ2v) is 10.4. The molecular weight excluding hydrogens is 322 g/mol. The molecule has 0 atom stereocenters. The first-order valence-electron chi connectivity index (χ1n) is 5.96. The Bertz CT molecular complexity index is 658. The molecule has 1 aromatic carbocycles. The van der Waals surface area contributed by atoms with Gasteiger partial charge in [-0.1, -0.05) is 12.1 Å². The number of rotatable bonds is 5. The lowest BCUT2D eigenvalue weighted by molar-refractivity contribution is 0.545. The molecule has 8 heteroatoms. The van der Waals surface area contributed by atoms with Gasteiger partial charge in [0.25, 0.3) is 9.05 Å². The highest BCUT2D eigenvalue weighted by Crippen LogP contribution is 2.16. The first-order chi connectivity index (χ1) is 8.93. The second kappa shape index (κ2) is 6.01. The molecule has 0 unspecified atom stereocenters. The van der Waals surface area contributed by atoms with Gasteiger partial charge < -0.3 is 0 Å². The molecule has 0 aliphatic carbocycles. The monoisotopic (exact) mass is 339 g/mol. The third-order valence-electron chi connectivity index (χ3n) is 2.72. The minimum atomic E-state index is -3.72. The van der Waals surface area contributed by atoms with Crippen LogP contribution in [0.4, 0.5) is 0 Å². The molecule has 1 aromatic rings. The Morgan fingerprint density at radius 2 is 1.55 bits per heavy atom. The number of hydrogen-bond donors (Lipinski definition) is 1. The van der Waals surface area contributed by atoms with Gasteiger partial charge in [-0.25, -0.2) is 21.6 Å². The van der Waals surface area contributed by atoms with Crippen molar-refractivity contribution in [2.24, 2.45) is 0 Å². The van der Waals surface area contributed by atoms with Crippen molar-refractivity contribution in [2.45, 2.75) is 36.8 Å². The minimum absolute atomic E-state index is 0.0261. The van der Waals surface area contributed by atoms with E-state index in [2.05, 4.69) is 4.72 Å². The second-order valence-electron chi connectivity index (χ2n) is 5.34. The Kier molecular flexibility index (Phi) is 5.23. The maximum atomic E-state index is 11.8. The van der Waals surface area contributed by atoms with Gasteiger partial charge in [0, 0.05) is 17.2 Å². The summed E-state index contributed by atoms with van der Waals surface area (Å²) in [4.78, 5) is 0.0261. The Labute approximate surface area is 124 Å². The topological polar surface area (TPSA) is 80.3 Å². The van der Waals surface area contributed by atoms with Gasteiger partial charge >= 0.3 is 0 Å². The van der Waals surface area contributed by atoms with Gasteiger partial charge in [0.1, 0.15) is 0 Å². The van der Waals surface area contributed by atoms with Crippen molar-refractivity contribution in [2.75, 3.05) is 6.54 Å². The van der Waals surface area contributed by atoms with E-state index in [4.69, 9.17) is 10.7 Å². The molecule has 0 heterocycles. The molecule has 0 radical (unpaired) electrons. The van der Waals surface area contributed by atoms with Gasteiger partial charge in [-0.15, -0.1) is 0 Å². The zero-order valence-corrected chi connectivity index (χ0v) is 13.9. The molecule has 114 valence electrons. The van der Waals surface area contributed by atoms with Gasteiger partial charge in [0.2, 0.25) is 10.0 Å². The van der Waals surface area contributed by atoms with Crippen LogP contribution in [-0.4, -0.2) is 28.1 Å². The zero-order chi connectivity index (χ0) is 15.6. The number of sulfonamides is 1. The number of hydrogen-bond acceptors (Lipinski definition) is 4. The first kappa shape index (κ1) is 17.4. The lowest BCUT2D eigenvalue weighted by Crippen LogP contribution is -2.40. The Morgan fingerprint density at radius 3 is 1.95 bits per heavy atom. The van der Waals surface area contributed by atoms with E-state index in [1.807, 2.05) is 0 Å². The molecule has 20 heavy (non-hydrogen) atoms. The summed E-state index contributed by atoms with van der Waals surface area (Å²) >= 11 is 0. The van der Waals surface area contributed by atoms with Crippen molar-refractivity contribution in [1.82, 2.24) is 4.72 Å². The predicted molar refractivity (Wildman–Crippen MR) is 79.9 cm³/mol. The molecule has 0 aromatic heterocycles. The molecule has 5 nitrogen and oxygen atoms in total. The average molecular weight is 340 g/mol. The lowest BCUT2D eigenvalue weighted by atomic mass is 10.2. The fourth-order valence-corrected chi connectivity index (χ4v) is 2.94. The molecule has 0 fully saturated rings. The molecule has 1 N–H and O–H groups in total. The van der Waals surface area contributed by atoms with Crippen molar-refractivity contribution in [3.05, 3.63) is 29.8 Å². The normalized spacial score (nSPS) is 13.4. The smallest absolute Gasteiger partial charge is 0.214 e. The summed E-state index contributed by atoms with van der Waals surface area (Å²) in [5, 5.41) is 0. The highest BCUT2D eigenvalue weighted by atomic mass is 35.7. The van der Waals surface area contributed by atoms with E-state index in [-0.39, 0.29) is 11.4 Å². The molecule has 0 spiro atoms. The quantitative estimate of drug-likeness (QED) is 0.830. The lowest BCUT2D eigenvalue weighted by Gasteiger charge is -2.19. The summed E-state index contributed by atoms with van der Waals surface area (Å²) in [6.07, 6.45) is 0.470. The van der Waals surface area contributed by atoms with E-state index in [0.717, 1.165) is 5.56 Å². The summed E-state index contributed by atoms with van der Waals surface area (Å²) in [6.45, 7) is 5.12. The average Bonchev–Trinajstić information content (AvgIpc) is 2.26. The fourth-order valence-electron chi connectivity index (χ4n) is 1.36. The Hall–Kier alpha value is -0.630. The van der Waals surface area contributed by atoms with Crippen LogP contribution in [0.5, 0.6) is 0 Å². The fraction of sp³-hybridized carbons (Fsp3) is 0.500.